The quantitative estimate of drug-likeness (QED) is 0.148. The third-order valence-corrected chi connectivity index (χ3v) is 12.8. The molecule has 12 aromatic rings. The SMILES string of the molecule is c1ccc(-c2ccc(-c3ccc4cc(N(c5ccc(-c6ccccc6-n6c7ccccc7c7ccccc76)cc5)c5cccc(-c6cccc7ccccc67)c5)ccc4c3)cc2)cc1. The van der Waals surface area contributed by atoms with Crippen LogP contribution in [0.4, 0.5) is 17.1 Å². The highest BCUT2D eigenvalue weighted by atomic mass is 15.1. The summed E-state index contributed by atoms with van der Waals surface area (Å²) in [5.74, 6) is 0. The second-order valence-electron chi connectivity index (χ2n) is 16.5. The predicted octanol–water partition coefficient (Wildman–Crippen LogP) is 17.2. The zero-order chi connectivity index (χ0) is 42.4. The van der Waals surface area contributed by atoms with Crippen LogP contribution in [0.2, 0.25) is 0 Å². The number of anilines is 3. The van der Waals surface area contributed by atoms with E-state index in [9.17, 15) is 0 Å². The molecule has 1 heterocycles. The van der Waals surface area contributed by atoms with Crippen molar-refractivity contribution in [2.24, 2.45) is 0 Å². The van der Waals surface area contributed by atoms with Gasteiger partial charge in [-0.2, -0.15) is 0 Å². The summed E-state index contributed by atoms with van der Waals surface area (Å²) in [5, 5.41) is 7.39. The minimum atomic E-state index is 1.09. The molecule has 0 radical (unpaired) electrons. The first kappa shape index (κ1) is 37.3. The van der Waals surface area contributed by atoms with Crippen molar-refractivity contribution in [3.05, 3.63) is 255 Å². The summed E-state index contributed by atoms with van der Waals surface area (Å²) in [6.45, 7) is 0. The minimum absolute atomic E-state index is 1.09. The normalized spacial score (nSPS) is 11.4. The fraction of sp³-hybridized carbons (Fsp3) is 0. The maximum absolute atomic E-state index is 2.42. The number of rotatable bonds is 8. The Labute approximate surface area is 373 Å². The number of fused-ring (bicyclic) bond motifs is 5. The van der Waals surface area contributed by atoms with Crippen LogP contribution in [0.5, 0.6) is 0 Å². The maximum Gasteiger partial charge on any atom is 0.0541 e. The van der Waals surface area contributed by atoms with E-state index in [0.717, 1.165) is 28.3 Å². The van der Waals surface area contributed by atoms with Crippen molar-refractivity contribution >= 4 is 60.4 Å². The summed E-state index contributed by atoms with van der Waals surface area (Å²) in [5.41, 5.74) is 16.5. The lowest BCUT2D eigenvalue weighted by Gasteiger charge is -2.27. The van der Waals surface area contributed by atoms with E-state index < -0.39 is 0 Å². The molecule has 2 heteroatoms. The Morgan fingerprint density at radius 3 is 1.53 bits per heavy atom. The molecule has 0 aliphatic heterocycles. The molecule has 0 aliphatic carbocycles. The number of nitrogens with zero attached hydrogens (tertiary/aromatic N) is 2. The highest BCUT2D eigenvalue weighted by molar-refractivity contribution is 6.10. The molecule has 2 nitrogen and oxygen atoms in total. The first-order chi connectivity index (χ1) is 31.7. The summed E-state index contributed by atoms with van der Waals surface area (Å²) in [6.07, 6.45) is 0. The molecule has 1 aromatic heterocycles. The number of hydrogen-bond donors (Lipinski definition) is 0. The molecule has 0 unspecified atom stereocenters. The molecule has 12 rings (SSSR count). The monoisotopic (exact) mass is 814 g/mol. The molecule has 0 fully saturated rings. The number of benzene rings is 11. The van der Waals surface area contributed by atoms with E-state index in [1.165, 1.54) is 82.3 Å². The van der Waals surface area contributed by atoms with E-state index >= 15 is 0 Å². The Bertz CT molecular complexity index is 3600. The van der Waals surface area contributed by atoms with Crippen LogP contribution >= 0.6 is 0 Å². The molecule has 0 aliphatic rings. The van der Waals surface area contributed by atoms with Gasteiger partial charge in [0.15, 0.2) is 0 Å². The molecule has 64 heavy (non-hydrogen) atoms. The van der Waals surface area contributed by atoms with Crippen LogP contribution < -0.4 is 4.90 Å². The summed E-state index contributed by atoms with van der Waals surface area (Å²) in [4.78, 5) is 2.40. The lowest BCUT2D eigenvalue weighted by molar-refractivity contribution is 1.18. The first-order valence-electron chi connectivity index (χ1n) is 22.0. The van der Waals surface area contributed by atoms with Gasteiger partial charge >= 0.3 is 0 Å². The lowest BCUT2D eigenvalue weighted by Crippen LogP contribution is -2.10. The smallest absolute Gasteiger partial charge is 0.0541 e. The maximum atomic E-state index is 2.42. The van der Waals surface area contributed by atoms with E-state index in [1.807, 2.05) is 0 Å². The standard InChI is InChI=1S/C62H42N2/c1-2-14-43(15-3-1)44-28-30-45(31-29-44)48-32-33-50-41-54(39-36-49(50)40-48)63(53-19-12-18-51(42-53)56-24-13-17-46-16-4-5-20-55(46)56)52-37-34-47(35-38-52)57-21-6-9-25-60(57)64-61-26-10-7-22-58(61)59-23-8-11-27-62(59)64/h1-42H. The van der Waals surface area contributed by atoms with Crippen molar-refractivity contribution in [3.63, 3.8) is 0 Å². The van der Waals surface area contributed by atoms with Gasteiger partial charge in [0.05, 0.1) is 16.7 Å². The third kappa shape index (κ3) is 6.61. The first-order valence-corrected chi connectivity index (χ1v) is 22.0. The van der Waals surface area contributed by atoms with E-state index in [1.54, 1.807) is 0 Å². The van der Waals surface area contributed by atoms with Crippen LogP contribution in [0.25, 0.3) is 93.5 Å². The highest BCUT2D eigenvalue weighted by Crippen LogP contribution is 2.42. The van der Waals surface area contributed by atoms with Crippen molar-refractivity contribution in [2.45, 2.75) is 0 Å². The van der Waals surface area contributed by atoms with Gasteiger partial charge in [0.1, 0.15) is 0 Å². The van der Waals surface area contributed by atoms with Crippen molar-refractivity contribution in [2.75, 3.05) is 4.90 Å². The van der Waals surface area contributed by atoms with Gasteiger partial charge in [-0.3, -0.25) is 0 Å². The van der Waals surface area contributed by atoms with Crippen LogP contribution in [0, 0.1) is 0 Å². The molecular weight excluding hydrogens is 773 g/mol. The molecule has 11 aromatic carbocycles. The van der Waals surface area contributed by atoms with E-state index in [2.05, 4.69) is 264 Å². The molecule has 0 N–H and O–H groups in total. The number of aromatic nitrogens is 1. The van der Waals surface area contributed by atoms with Gasteiger partial charge in [-0.15, -0.1) is 0 Å². The topological polar surface area (TPSA) is 8.17 Å². The van der Waals surface area contributed by atoms with Crippen molar-refractivity contribution < 1.29 is 0 Å². The Hall–Kier alpha value is -8.46. The van der Waals surface area contributed by atoms with Crippen molar-refractivity contribution in [1.82, 2.24) is 4.57 Å². The molecule has 0 saturated heterocycles. The molecule has 0 amide bonds. The van der Waals surface area contributed by atoms with Crippen LogP contribution in [0.15, 0.2) is 255 Å². The zero-order valence-corrected chi connectivity index (χ0v) is 35.1. The highest BCUT2D eigenvalue weighted by Gasteiger charge is 2.18. The minimum Gasteiger partial charge on any atom is -0.310 e. The fourth-order valence-electron chi connectivity index (χ4n) is 9.66. The van der Waals surface area contributed by atoms with Crippen molar-refractivity contribution in [1.29, 1.82) is 0 Å². The van der Waals surface area contributed by atoms with Gasteiger partial charge in [-0.1, -0.05) is 194 Å². The molecule has 0 saturated carbocycles. The van der Waals surface area contributed by atoms with Gasteiger partial charge in [-0.25, -0.2) is 0 Å². The zero-order valence-electron chi connectivity index (χ0n) is 35.1. The summed E-state index contributed by atoms with van der Waals surface area (Å²) in [7, 11) is 0. The van der Waals surface area contributed by atoms with Gasteiger partial charge in [-0.05, 0) is 121 Å². The second kappa shape index (κ2) is 15.8. The van der Waals surface area contributed by atoms with E-state index in [4.69, 9.17) is 0 Å². The summed E-state index contributed by atoms with van der Waals surface area (Å²) < 4.78 is 2.42. The predicted molar refractivity (Wildman–Crippen MR) is 272 cm³/mol. The summed E-state index contributed by atoms with van der Waals surface area (Å²) >= 11 is 0. The van der Waals surface area contributed by atoms with Gasteiger partial charge in [0.25, 0.3) is 0 Å². The summed E-state index contributed by atoms with van der Waals surface area (Å²) in [6, 6.07) is 92.7. The lowest BCUT2D eigenvalue weighted by atomic mass is 9.97. The van der Waals surface area contributed by atoms with Crippen LogP contribution in [-0.2, 0) is 0 Å². The Balaban J connectivity index is 0.955. The molecular formula is C62H42N2. The van der Waals surface area contributed by atoms with Crippen LogP contribution in [0.3, 0.4) is 0 Å². The molecule has 0 bridgehead atoms. The van der Waals surface area contributed by atoms with Gasteiger partial charge in [0, 0.05) is 33.4 Å². The van der Waals surface area contributed by atoms with Crippen LogP contribution in [-0.4, -0.2) is 4.57 Å². The molecule has 0 spiro atoms. The van der Waals surface area contributed by atoms with E-state index in [0.29, 0.717) is 0 Å². The Kier molecular flexibility index (Phi) is 9.20. The average molecular weight is 815 g/mol. The van der Waals surface area contributed by atoms with Gasteiger partial charge < -0.3 is 9.47 Å². The Morgan fingerprint density at radius 2 is 0.750 bits per heavy atom. The van der Waals surface area contributed by atoms with Crippen molar-refractivity contribution in [3.8, 4) is 50.2 Å². The van der Waals surface area contributed by atoms with Crippen LogP contribution in [0.1, 0.15) is 0 Å². The Morgan fingerprint density at radius 1 is 0.250 bits per heavy atom. The number of hydrogen-bond acceptors (Lipinski definition) is 1. The fourth-order valence-corrected chi connectivity index (χ4v) is 9.66. The molecule has 300 valence electrons. The third-order valence-electron chi connectivity index (χ3n) is 12.8. The number of para-hydroxylation sites is 3. The molecule has 0 atom stereocenters. The largest absolute Gasteiger partial charge is 0.310 e. The second-order valence-corrected chi connectivity index (χ2v) is 16.5. The average Bonchev–Trinajstić information content (AvgIpc) is 3.71. The van der Waals surface area contributed by atoms with Gasteiger partial charge in [0.2, 0.25) is 0 Å². The van der Waals surface area contributed by atoms with E-state index in [-0.39, 0.29) is 0 Å².